The van der Waals surface area contributed by atoms with E-state index in [0.717, 1.165) is 30.7 Å². The van der Waals surface area contributed by atoms with Gasteiger partial charge in [0.05, 0.1) is 11.6 Å². The van der Waals surface area contributed by atoms with Gasteiger partial charge in [-0.05, 0) is 48.2 Å². The van der Waals surface area contributed by atoms with Gasteiger partial charge in [0.2, 0.25) is 5.91 Å². The Morgan fingerprint density at radius 2 is 2.32 bits per heavy atom. The molecule has 1 N–H and O–H groups in total. The van der Waals surface area contributed by atoms with Crippen LogP contribution in [0, 0.1) is 11.3 Å². The fraction of sp³-hybridized carbons (Fsp3) is 0.400. The number of hydrogen-bond acceptors (Lipinski definition) is 5. The molecule has 1 heterocycles. The molecule has 2 aromatic rings. The molecular formula is C15H16N6O. The second kappa shape index (κ2) is 5.93. The highest BCUT2D eigenvalue weighted by atomic mass is 16.2. The predicted octanol–water partition coefficient (Wildman–Crippen LogP) is 1.62. The van der Waals surface area contributed by atoms with Gasteiger partial charge in [-0.2, -0.15) is 10.1 Å². The molecule has 1 fully saturated rings. The summed E-state index contributed by atoms with van der Waals surface area (Å²) in [5.41, 5.74) is 2.23. The molecule has 22 heavy (non-hydrogen) atoms. The van der Waals surface area contributed by atoms with Gasteiger partial charge in [0.15, 0.2) is 5.82 Å². The maximum absolute atomic E-state index is 12.1. The van der Waals surface area contributed by atoms with E-state index in [-0.39, 0.29) is 12.5 Å². The highest BCUT2D eigenvalue weighted by molar-refractivity contribution is 5.91. The van der Waals surface area contributed by atoms with E-state index in [1.165, 1.54) is 4.80 Å². The average molecular weight is 296 g/mol. The number of benzene rings is 1. The summed E-state index contributed by atoms with van der Waals surface area (Å²) in [7, 11) is 0. The third kappa shape index (κ3) is 3.11. The number of nitriles is 1. The number of nitrogens with one attached hydrogen (secondary N) is 1. The number of aromatic nitrogens is 4. The van der Waals surface area contributed by atoms with Crippen LogP contribution in [0.4, 0.5) is 5.69 Å². The fourth-order valence-corrected chi connectivity index (χ4v) is 2.22. The van der Waals surface area contributed by atoms with Crippen LogP contribution < -0.4 is 5.32 Å². The van der Waals surface area contributed by atoms with Crippen LogP contribution >= 0.6 is 0 Å². The molecule has 0 aliphatic heterocycles. The van der Waals surface area contributed by atoms with Crippen molar-refractivity contribution in [3.8, 4) is 6.07 Å². The van der Waals surface area contributed by atoms with Gasteiger partial charge >= 0.3 is 0 Å². The van der Waals surface area contributed by atoms with Crippen molar-refractivity contribution in [2.24, 2.45) is 0 Å². The van der Waals surface area contributed by atoms with Gasteiger partial charge in [-0.15, -0.1) is 10.2 Å². The molecule has 7 heteroatoms. The molecule has 1 saturated carbocycles. The van der Waals surface area contributed by atoms with Crippen LogP contribution in [0.1, 0.15) is 42.6 Å². The van der Waals surface area contributed by atoms with Gasteiger partial charge in [-0.1, -0.05) is 6.92 Å². The lowest BCUT2D eigenvalue weighted by Crippen LogP contribution is -2.21. The van der Waals surface area contributed by atoms with Crippen LogP contribution in [0.3, 0.4) is 0 Å². The minimum atomic E-state index is -0.209. The van der Waals surface area contributed by atoms with E-state index in [1.54, 1.807) is 18.2 Å². The molecule has 0 saturated heterocycles. The average Bonchev–Trinajstić information content (AvgIpc) is 3.28. The molecule has 0 unspecified atom stereocenters. The first-order valence-corrected chi connectivity index (χ1v) is 7.30. The van der Waals surface area contributed by atoms with Crippen molar-refractivity contribution in [3.63, 3.8) is 0 Å². The van der Waals surface area contributed by atoms with E-state index in [0.29, 0.717) is 17.2 Å². The number of rotatable bonds is 5. The fourth-order valence-electron chi connectivity index (χ4n) is 2.22. The summed E-state index contributed by atoms with van der Waals surface area (Å²) in [5.74, 6) is 0.932. The molecule has 0 radical (unpaired) electrons. The number of tetrazole rings is 1. The zero-order chi connectivity index (χ0) is 15.5. The van der Waals surface area contributed by atoms with Gasteiger partial charge < -0.3 is 5.32 Å². The van der Waals surface area contributed by atoms with Crippen molar-refractivity contribution in [3.05, 3.63) is 35.2 Å². The van der Waals surface area contributed by atoms with Crippen LogP contribution in [-0.2, 0) is 17.8 Å². The summed E-state index contributed by atoms with van der Waals surface area (Å²) in [6.07, 6.45) is 2.94. The Morgan fingerprint density at radius 3 is 3.00 bits per heavy atom. The lowest BCUT2D eigenvalue weighted by molar-refractivity contribution is -0.117. The number of carbonyl (C=O) groups is 1. The first kappa shape index (κ1) is 14.2. The van der Waals surface area contributed by atoms with Crippen molar-refractivity contribution in [1.29, 1.82) is 5.26 Å². The molecule has 1 aromatic carbocycles. The van der Waals surface area contributed by atoms with Gasteiger partial charge in [0, 0.05) is 11.6 Å². The Kier molecular flexibility index (Phi) is 3.83. The van der Waals surface area contributed by atoms with E-state index in [9.17, 15) is 4.79 Å². The number of hydrogen-bond donors (Lipinski definition) is 1. The first-order chi connectivity index (χ1) is 10.7. The molecule has 0 atom stereocenters. The zero-order valence-corrected chi connectivity index (χ0v) is 12.3. The topological polar surface area (TPSA) is 96.5 Å². The highest BCUT2D eigenvalue weighted by Gasteiger charge is 2.28. The Hall–Kier alpha value is -2.75. The van der Waals surface area contributed by atoms with E-state index >= 15 is 0 Å². The Morgan fingerprint density at radius 1 is 1.50 bits per heavy atom. The number of carbonyl (C=O) groups excluding carboxylic acids is 1. The maximum atomic E-state index is 12.1. The predicted molar refractivity (Wildman–Crippen MR) is 79.0 cm³/mol. The quantitative estimate of drug-likeness (QED) is 0.904. The lowest BCUT2D eigenvalue weighted by atomic mass is 10.1. The second-order valence-corrected chi connectivity index (χ2v) is 5.34. The van der Waals surface area contributed by atoms with Gasteiger partial charge in [0.25, 0.3) is 0 Å². The van der Waals surface area contributed by atoms with Crippen LogP contribution in [0.25, 0.3) is 0 Å². The molecular weight excluding hydrogens is 280 g/mol. The number of nitrogens with zero attached hydrogens (tertiary/aromatic N) is 5. The van der Waals surface area contributed by atoms with Crippen molar-refractivity contribution >= 4 is 11.6 Å². The standard InChI is InChI=1S/C15H16N6O/c1-2-11-7-10(8-16)3-6-13(11)17-14(22)9-21-19-15(18-20-21)12-4-5-12/h3,6-7,12H,2,4-5,9H2,1H3,(H,17,22). The summed E-state index contributed by atoms with van der Waals surface area (Å²) in [5, 5.41) is 23.8. The first-order valence-electron chi connectivity index (χ1n) is 7.30. The van der Waals surface area contributed by atoms with Gasteiger partial charge in [-0.3, -0.25) is 4.79 Å². The van der Waals surface area contributed by atoms with E-state index in [2.05, 4.69) is 26.8 Å². The summed E-state index contributed by atoms with van der Waals surface area (Å²) in [6.45, 7) is 2.01. The van der Waals surface area contributed by atoms with Crippen molar-refractivity contribution < 1.29 is 4.79 Å². The molecule has 1 amide bonds. The van der Waals surface area contributed by atoms with Crippen molar-refractivity contribution in [2.75, 3.05) is 5.32 Å². The van der Waals surface area contributed by atoms with E-state index in [4.69, 9.17) is 5.26 Å². The SMILES string of the molecule is CCc1cc(C#N)ccc1NC(=O)Cn1nnc(C2CC2)n1. The summed E-state index contributed by atoms with van der Waals surface area (Å²) >= 11 is 0. The molecule has 0 spiro atoms. The third-order valence-corrected chi connectivity index (χ3v) is 3.59. The van der Waals surface area contributed by atoms with E-state index < -0.39 is 0 Å². The minimum Gasteiger partial charge on any atom is -0.324 e. The largest absolute Gasteiger partial charge is 0.324 e. The highest BCUT2D eigenvalue weighted by Crippen LogP contribution is 2.37. The number of anilines is 1. The molecule has 1 aliphatic rings. The second-order valence-electron chi connectivity index (χ2n) is 5.34. The zero-order valence-electron chi connectivity index (χ0n) is 12.3. The van der Waals surface area contributed by atoms with Crippen LogP contribution in [0.2, 0.25) is 0 Å². The molecule has 0 bridgehead atoms. The van der Waals surface area contributed by atoms with Crippen molar-refractivity contribution in [1.82, 2.24) is 20.2 Å². The summed E-state index contributed by atoms with van der Waals surface area (Å²) in [6, 6.07) is 7.32. The monoisotopic (exact) mass is 296 g/mol. The van der Waals surface area contributed by atoms with Crippen LogP contribution in [0.15, 0.2) is 18.2 Å². The molecule has 112 valence electrons. The molecule has 7 nitrogen and oxygen atoms in total. The minimum absolute atomic E-state index is 0.0306. The van der Waals surface area contributed by atoms with Crippen LogP contribution in [0.5, 0.6) is 0 Å². The maximum Gasteiger partial charge on any atom is 0.248 e. The Labute approximate surface area is 127 Å². The molecule has 3 rings (SSSR count). The summed E-state index contributed by atoms with van der Waals surface area (Å²) in [4.78, 5) is 13.4. The van der Waals surface area contributed by atoms with Crippen LogP contribution in [-0.4, -0.2) is 26.1 Å². The normalized spacial score (nSPS) is 13.6. The van der Waals surface area contributed by atoms with Crippen molar-refractivity contribution in [2.45, 2.75) is 38.6 Å². The third-order valence-electron chi connectivity index (χ3n) is 3.59. The number of amides is 1. The number of aryl methyl sites for hydroxylation is 1. The van der Waals surface area contributed by atoms with Gasteiger partial charge in [-0.25, -0.2) is 0 Å². The molecule has 1 aromatic heterocycles. The lowest BCUT2D eigenvalue weighted by Gasteiger charge is -2.09. The smallest absolute Gasteiger partial charge is 0.248 e. The Bertz CT molecular complexity index is 741. The molecule has 1 aliphatic carbocycles. The van der Waals surface area contributed by atoms with Gasteiger partial charge in [0.1, 0.15) is 6.54 Å². The Balaban J connectivity index is 1.67. The van der Waals surface area contributed by atoms with E-state index in [1.807, 2.05) is 6.92 Å². The summed E-state index contributed by atoms with van der Waals surface area (Å²) < 4.78 is 0.